The lowest BCUT2D eigenvalue weighted by molar-refractivity contribution is -0.192. The fourth-order valence-corrected chi connectivity index (χ4v) is 3.37. The minimum absolute atomic E-state index is 0.313. The Morgan fingerprint density at radius 1 is 1.44 bits per heavy atom. The van der Waals surface area contributed by atoms with Gasteiger partial charge in [-0.25, -0.2) is 13.6 Å². The molecule has 0 radical (unpaired) electrons. The summed E-state index contributed by atoms with van der Waals surface area (Å²) in [6.45, 7) is 1.57. The lowest BCUT2D eigenvalue weighted by Gasteiger charge is -2.28. The van der Waals surface area contributed by atoms with E-state index in [1.165, 1.54) is 13.8 Å². The SMILES string of the molecule is CC(C)O[P+](=O)O[C@H]1[C@H](O)[C@H](n2cc(F)c(=O)[nH]c2=O)O[C@@]1(CO)C(F)F. The molecule has 0 amide bonds. The van der Waals surface area contributed by atoms with Gasteiger partial charge in [0.05, 0.1) is 12.8 Å². The van der Waals surface area contributed by atoms with Crippen LogP contribution >= 0.6 is 8.25 Å². The maximum Gasteiger partial charge on any atom is 0.698 e. The van der Waals surface area contributed by atoms with Gasteiger partial charge in [0.15, 0.2) is 17.9 Å². The van der Waals surface area contributed by atoms with Crippen LogP contribution in [0.15, 0.2) is 15.8 Å². The number of aliphatic hydroxyl groups excluding tert-OH is 2. The van der Waals surface area contributed by atoms with E-state index in [0.29, 0.717) is 10.8 Å². The zero-order valence-electron chi connectivity index (χ0n) is 14.0. The second-order valence-corrected chi connectivity index (χ2v) is 6.83. The van der Waals surface area contributed by atoms with E-state index in [1.54, 1.807) is 4.98 Å². The van der Waals surface area contributed by atoms with Gasteiger partial charge in [0.1, 0.15) is 12.2 Å². The van der Waals surface area contributed by atoms with Crippen molar-refractivity contribution in [2.45, 2.75) is 50.4 Å². The lowest BCUT2D eigenvalue weighted by Crippen LogP contribution is -2.52. The number of H-pyrrole nitrogens is 1. The number of aromatic nitrogens is 2. The molecular formula is C13H17F3N2O8P+. The molecule has 1 aliphatic heterocycles. The zero-order chi connectivity index (χ0) is 20.5. The molecule has 10 nitrogen and oxygen atoms in total. The third-order valence-corrected chi connectivity index (χ3v) is 4.73. The molecule has 1 aromatic rings. The second-order valence-electron chi connectivity index (χ2n) is 5.96. The molecule has 0 spiro atoms. The molecule has 14 heteroatoms. The normalized spacial score (nSPS) is 28.9. The number of hydrogen-bond donors (Lipinski definition) is 3. The van der Waals surface area contributed by atoms with Gasteiger partial charge in [-0.1, -0.05) is 0 Å². The zero-order valence-corrected chi connectivity index (χ0v) is 14.9. The fourth-order valence-electron chi connectivity index (χ4n) is 2.48. The summed E-state index contributed by atoms with van der Waals surface area (Å²) in [6, 6.07) is 0. The van der Waals surface area contributed by atoms with Crippen molar-refractivity contribution in [1.29, 1.82) is 0 Å². The van der Waals surface area contributed by atoms with Crippen molar-refractivity contribution in [3.63, 3.8) is 0 Å². The van der Waals surface area contributed by atoms with Crippen LogP contribution < -0.4 is 11.2 Å². The van der Waals surface area contributed by atoms with Gasteiger partial charge in [-0.3, -0.25) is 14.3 Å². The minimum atomic E-state index is -3.46. The molecule has 0 saturated carbocycles. The first-order valence-corrected chi connectivity index (χ1v) is 8.69. The van der Waals surface area contributed by atoms with Crippen LogP contribution in [0.3, 0.4) is 0 Å². The third-order valence-electron chi connectivity index (χ3n) is 3.74. The van der Waals surface area contributed by atoms with Crippen molar-refractivity contribution in [2.75, 3.05) is 6.61 Å². The number of nitrogens with one attached hydrogen (secondary N) is 1. The molecule has 0 aromatic carbocycles. The molecule has 5 atom stereocenters. The van der Waals surface area contributed by atoms with Crippen molar-refractivity contribution in [2.24, 2.45) is 0 Å². The molecule has 1 fully saturated rings. The Hall–Kier alpha value is -1.63. The van der Waals surface area contributed by atoms with Gasteiger partial charge in [-0.15, -0.1) is 9.05 Å². The summed E-state index contributed by atoms with van der Waals surface area (Å²) in [5.74, 6) is -1.45. The molecule has 152 valence electrons. The van der Waals surface area contributed by atoms with Gasteiger partial charge in [0, 0.05) is 4.57 Å². The van der Waals surface area contributed by atoms with Gasteiger partial charge in [0.2, 0.25) is 5.82 Å². The molecule has 2 rings (SSSR count). The van der Waals surface area contributed by atoms with E-state index < -0.39 is 68.5 Å². The first-order valence-electron chi connectivity index (χ1n) is 7.60. The third kappa shape index (κ3) is 4.13. The summed E-state index contributed by atoms with van der Waals surface area (Å²) in [7, 11) is -3.01. The van der Waals surface area contributed by atoms with Crippen LogP contribution in [0.2, 0.25) is 0 Å². The lowest BCUT2D eigenvalue weighted by atomic mass is 9.96. The topological polar surface area (TPSA) is 140 Å². The summed E-state index contributed by atoms with van der Waals surface area (Å²) < 4.78 is 67.5. The van der Waals surface area contributed by atoms with E-state index in [0.717, 1.165) is 0 Å². The Labute approximate surface area is 150 Å². The van der Waals surface area contributed by atoms with Gasteiger partial charge in [-0.05, 0) is 13.8 Å². The molecule has 1 aliphatic rings. The molecule has 2 heterocycles. The number of hydrogen-bond acceptors (Lipinski definition) is 8. The van der Waals surface area contributed by atoms with Crippen LogP contribution in [-0.4, -0.2) is 56.7 Å². The largest absolute Gasteiger partial charge is 0.698 e. The summed E-state index contributed by atoms with van der Waals surface area (Å²) in [5.41, 5.74) is -5.52. The van der Waals surface area contributed by atoms with E-state index in [4.69, 9.17) is 13.8 Å². The Bertz CT molecular complexity index is 815. The molecule has 1 aromatic heterocycles. The van der Waals surface area contributed by atoms with E-state index in [2.05, 4.69) is 0 Å². The number of halogens is 3. The highest BCUT2D eigenvalue weighted by Gasteiger charge is 2.65. The van der Waals surface area contributed by atoms with Crippen molar-refractivity contribution in [3.8, 4) is 0 Å². The van der Waals surface area contributed by atoms with Crippen LogP contribution in [0.25, 0.3) is 0 Å². The van der Waals surface area contributed by atoms with Crippen molar-refractivity contribution in [1.82, 2.24) is 9.55 Å². The van der Waals surface area contributed by atoms with Gasteiger partial charge in [0.25, 0.3) is 12.0 Å². The molecule has 3 N–H and O–H groups in total. The number of aromatic amines is 1. The maximum absolute atomic E-state index is 13.6. The van der Waals surface area contributed by atoms with Gasteiger partial charge < -0.3 is 14.9 Å². The molecular weight excluding hydrogens is 400 g/mol. The average molecular weight is 417 g/mol. The van der Waals surface area contributed by atoms with Crippen molar-refractivity contribution in [3.05, 3.63) is 32.9 Å². The Morgan fingerprint density at radius 3 is 2.59 bits per heavy atom. The van der Waals surface area contributed by atoms with Crippen LogP contribution in [0.1, 0.15) is 20.1 Å². The van der Waals surface area contributed by atoms with E-state index in [9.17, 15) is 37.5 Å². The van der Waals surface area contributed by atoms with E-state index in [-0.39, 0.29) is 0 Å². The first-order chi connectivity index (χ1) is 12.5. The van der Waals surface area contributed by atoms with Gasteiger partial charge >= 0.3 is 13.9 Å². The summed E-state index contributed by atoms with van der Waals surface area (Å²) in [5, 5.41) is 19.8. The smallest absolute Gasteiger partial charge is 0.393 e. The molecule has 1 saturated heterocycles. The predicted molar refractivity (Wildman–Crippen MR) is 81.9 cm³/mol. The first kappa shape index (κ1) is 21.7. The quantitative estimate of drug-likeness (QED) is 0.528. The number of alkyl halides is 2. The van der Waals surface area contributed by atoms with Crippen molar-refractivity contribution >= 4 is 8.25 Å². The van der Waals surface area contributed by atoms with E-state index >= 15 is 0 Å². The van der Waals surface area contributed by atoms with Crippen LogP contribution in [0, 0.1) is 5.82 Å². The average Bonchev–Trinajstić information content (AvgIpc) is 2.84. The number of aliphatic hydroxyl groups is 2. The van der Waals surface area contributed by atoms with Crippen LogP contribution in [0.4, 0.5) is 13.2 Å². The maximum atomic E-state index is 13.6. The second kappa shape index (κ2) is 8.17. The Kier molecular flexibility index (Phi) is 6.55. The number of nitrogens with zero attached hydrogens (tertiary/aromatic N) is 1. The molecule has 0 aliphatic carbocycles. The highest BCUT2D eigenvalue weighted by molar-refractivity contribution is 7.33. The number of rotatable bonds is 7. The van der Waals surface area contributed by atoms with Crippen molar-refractivity contribution < 1.29 is 41.7 Å². The van der Waals surface area contributed by atoms with Crippen LogP contribution in [0.5, 0.6) is 0 Å². The minimum Gasteiger partial charge on any atom is -0.393 e. The fraction of sp³-hybridized carbons (Fsp3) is 0.692. The van der Waals surface area contributed by atoms with Crippen LogP contribution in [-0.2, 0) is 18.3 Å². The predicted octanol–water partition coefficient (Wildman–Crippen LogP) is 0.0292. The number of ether oxygens (including phenoxy) is 1. The highest BCUT2D eigenvalue weighted by Crippen LogP contribution is 2.46. The molecule has 0 bridgehead atoms. The monoisotopic (exact) mass is 417 g/mol. The summed E-state index contributed by atoms with van der Waals surface area (Å²) >= 11 is 0. The summed E-state index contributed by atoms with van der Waals surface area (Å²) in [6.07, 6.45) is -9.90. The van der Waals surface area contributed by atoms with Gasteiger partial charge in [-0.2, -0.15) is 4.39 Å². The van der Waals surface area contributed by atoms with E-state index in [1.807, 2.05) is 0 Å². The summed E-state index contributed by atoms with van der Waals surface area (Å²) in [4.78, 5) is 24.5. The molecule has 27 heavy (non-hydrogen) atoms. The Morgan fingerprint density at radius 2 is 2.07 bits per heavy atom. The molecule has 1 unspecified atom stereocenters. The standard InChI is InChI=1S/C13H16F3N2O8P/c1-5(2)25-27(23)26-8-7(20)10(24-13(8,4-19)11(15)16)18-3-6(14)9(21)17-12(18)22/h3,5,7-8,10-11,19-20H,4H2,1-2H3/p+1/t7-,8-,10+,13+/m0/s1. The highest BCUT2D eigenvalue weighted by atomic mass is 31.1. The Balaban J connectivity index is 2.46.